The van der Waals surface area contributed by atoms with Gasteiger partial charge in [-0.05, 0) is 12.1 Å². The van der Waals surface area contributed by atoms with Crippen molar-refractivity contribution in [1.82, 2.24) is 0 Å². The molecule has 0 nitrogen and oxygen atoms in total. The van der Waals surface area contributed by atoms with Crippen LogP contribution in [0.3, 0.4) is 0 Å². The zero-order chi connectivity index (χ0) is 6.85. The first-order chi connectivity index (χ1) is 4.22. The molecule has 0 atom stereocenters. The van der Waals surface area contributed by atoms with Crippen molar-refractivity contribution in [3.8, 4) is 0 Å². The minimum absolute atomic E-state index is 0. The summed E-state index contributed by atoms with van der Waals surface area (Å²) in [7, 11) is 0. The molecule has 0 unspecified atom stereocenters. The van der Waals surface area contributed by atoms with Gasteiger partial charge >= 0.3 is 0 Å². The van der Waals surface area contributed by atoms with Gasteiger partial charge in [0.2, 0.25) is 0 Å². The van der Waals surface area contributed by atoms with Gasteiger partial charge in [0.05, 0.1) is 0 Å². The van der Waals surface area contributed by atoms with E-state index in [1.54, 1.807) is 0 Å². The second-order valence-corrected chi connectivity index (χ2v) is 2.05. The van der Waals surface area contributed by atoms with Crippen LogP contribution in [0.1, 0.15) is 0 Å². The van der Waals surface area contributed by atoms with Crippen LogP contribution in [0.4, 0.5) is 22.9 Å². The lowest BCUT2D eigenvalue weighted by molar-refractivity contribution is 0.492. The lowest BCUT2D eigenvalue weighted by Gasteiger charge is -1.92. The fourth-order valence-electron chi connectivity index (χ4n) is 0.492. The molecular weight excluding hydrogens is 199 g/mol. The van der Waals surface area contributed by atoms with Gasteiger partial charge in [-0.15, -0.1) is 12.6 Å². The van der Waals surface area contributed by atoms with E-state index in [9.17, 15) is 8.78 Å². The fraction of sp³-hybridized carbons (Fsp3) is 0. The highest BCUT2D eigenvalue weighted by Gasteiger charge is 2.01. The highest BCUT2D eigenvalue weighted by molar-refractivity contribution is 7.80. The Morgan fingerprint density at radius 3 is 1.83 bits per heavy atom. The van der Waals surface area contributed by atoms with E-state index < -0.39 is 11.6 Å². The molecule has 0 aliphatic rings. The summed E-state index contributed by atoms with van der Waals surface area (Å²) in [5.74, 6) is -1.75. The highest BCUT2D eigenvalue weighted by Crippen LogP contribution is 2.13. The summed E-state index contributed by atoms with van der Waals surface area (Å²) in [5.41, 5.74) is 0. The summed E-state index contributed by atoms with van der Waals surface area (Å²) in [5, 5.41) is 0. The quantitative estimate of drug-likeness (QED) is 0.489. The van der Waals surface area contributed by atoms with Crippen molar-refractivity contribution in [3.05, 3.63) is 29.8 Å². The lowest BCUT2D eigenvalue weighted by atomic mass is 10.3. The van der Waals surface area contributed by atoms with Gasteiger partial charge in [-0.25, -0.2) is 8.78 Å². The molecule has 0 spiro atoms. The minimum atomic E-state index is -0.888. The van der Waals surface area contributed by atoms with Crippen molar-refractivity contribution >= 4 is 12.6 Å². The Balaban J connectivity index is -0.000000270. The van der Waals surface area contributed by atoms with Crippen molar-refractivity contribution in [2.24, 2.45) is 0 Å². The monoisotopic (exact) mass is 206 g/mol. The van der Waals surface area contributed by atoms with Crippen LogP contribution in [-0.4, -0.2) is 0 Å². The van der Waals surface area contributed by atoms with Crippen molar-refractivity contribution in [2.75, 3.05) is 0 Å². The van der Waals surface area contributed by atoms with E-state index in [0.717, 1.165) is 6.07 Å². The largest absolute Gasteiger partial charge is 0.269 e. The Kier molecular flexibility index (Phi) is 9.97. The van der Waals surface area contributed by atoms with E-state index in [0.29, 0.717) is 0 Å². The van der Waals surface area contributed by atoms with Crippen LogP contribution >= 0.6 is 12.6 Å². The molecule has 0 fully saturated rings. The van der Waals surface area contributed by atoms with Gasteiger partial charge in [-0.3, -0.25) is 14.1 Å². The Bertz CT molecular complexity index is 207. The molecule has 1 aromatic carbocycles. The molecule has 0 aliphatic carbocycles. The van der Waals surface area contributed by atoms with Gasteiger partial charge in [-0.2, -0.15) is 0 Å². The molecule has 0 saturated carbocycles. The summed E-state index contributed by atoms with van der Waals surface area (Å²) in [4.78, 5) is 0.0370. The standard InChI is InChI=1S/C6H4F2S.3FH/c7-4-2-1-3-5(9)6(4)8;;;/h1-3,9H;3*1H. The van der Waals surface area contributed by atoms with Gasteiger partial charge in [-0.1, -0.05) is 6.07 Å². The Morgan fingerprint density at radius 2 is 1.50 bits per heavy atom. The first kappa shape index (κ1) is 17.3. The minimum Gasteiger partial charge on any atom is -0.269 e. The molecule has 6 heteroatoms. The predicted molar refractivity (Wildman–Crippen MR) is 41.1 cm³/mol. The third-order valence-corrected chi connectivity index (χ3v) is 1.28. The molecule has 0 N–H and O–H groups in total. The molecule has 1 aromatic rings. The molecule has 0 heterocycles. The summed E-state index contributed by atoms with van der Waals surface area (Å²) in [6.07, 6.45) is 0. The van der Waals surface area contributed by atoms with E-state index >= 15 is 0 Å². The van der Waals surface area contributed by atoms with E-state index in [4.69, 9.17) is 0 Å². The van der Waals surface area contributed by atoms with Gasteiger partial charge in [0.25, 0.3) is 0 Å². The Labute approximate surface area is 71.1 Å². The van der Waals surface area contributed by atoms with Crippen LogP contribution in [0.2, 0.25) is 0 Å². The van der Waals surface area contributed by atoms with Crippen LogP contribution in [0, 0.1) is 11.6 Å². The smallest absolute Gasteiger partial charge is 0.172 e. The summed E-state index contributed by atoms with van der Waals surface area (Å²) >= 11 is 3.65. The van der Waals surface area contributed by atoms with E-state index in [-0.39, 0.29) is 19.0 Å². The zero-order valence-electron chi connectivity index (χ0n) is 5.66. The third-order valence-electron chi connectivity index (χ3n) is 0.931. The van der Waals surface area contributed by atoms with Crippen LogP contribution < -0.4 is 0 Å². The first-order valence-electron chi connectivity index (χ1n) is 2.35. The molecule has 0 radical (unpaired) electrons. The molecule has 72 valence electrons. The second kappa shape index (κ2) is 6.90. The third kappa shape index (κ3) is 3.56. The summed E-state index contributed by atoms with van der Waals surface area (Å²) in [6, 6.07) is 3.84. The number of halogens is 5. The average molecular weight is 206 g/mol. The molecule has 1 rings (SSSR count). The van der Waals surface area contributed by atoms with Gasteiger partial charge in [0.1, 0.15) is 0 Å². The lowest BCUT2D eigenvalue weighted by Crippen LogP contribution is -1.82. The van der Waals surface area contributed by atoms with E-state index in [1.165, 1.54) is 12.1 Å². The maximum absolute atomic E-state index is 12.3. The molecule has 12 heavy (non-hydrogen) atoms. The Morgan fingerprint density at radius 1 is 1.00 bits per heavy atom. The Hall–Kier alpha value is -0.780. The van der Waals surface area contributed by atoms with E-state index in [2.05, 4.69) is 12.6 Å². The van der Waals surface area contributed by atoms with Crippen LogP contribution in [-0.2, 0) is 0 Å². The summed E-state index contributed by atoms with van der Waals surface area (Å²) in [6.45, 7) is 0. The predicted octanol–water partition coefficient (Wildman–Crippen LogP) is 2.71. The van der Waals surface area contributed by atoms with Crippen LogP contribution in [0.25, 0.3) is 0 Å². The number of thiol groups is 1. The number of rotatable bonds is 0. The number of hydrogen-bond donors (Lipinski definition) is 1. The van der Waals surface area contributed by atoms with Crippen molar-refractivity contribution in [3.63, 3.8) is 0 Å². The SMILES string of the molecule is F.F.F.Fc1cccc(S)c1F. The van der Waals surface area contributed by atoms with E-state index in [1.807, 2.05) is 0 Å². The highest BCUT2D eigenvalue weighted by atomic mass is 32.1. The normalized spacial score (nSPS) is 7.25. The number of benzene rings is 1. The van der Waals surface area contributed by atoms with Gasteiger partial charge in [0.15, 0.2) is 11.6 Å². The molecule has 0 aliphatic heterocycles. The molecule has 0 amide bonds. The van der Waals surface area contributed by atoms with Crippen molar-refractivity contribution in [1.29, 1.82) is 0 Å². The molecule has 0 aromatic heterocycles. The summed E-state index contributed by atoms with van der Waals surface area (Å²) < 4.78 is 24.4. The fourth-order valence-corrected chi connectivity index (χ4v) is 0.685. The molecular formula is C6H7F5S. The second-order valence-electron chi connectivity index (χ2n) is 1.57. The van der Waals surface area contributed by atoms with Crippen LogP contribution in [0.5, 0.6) is 0 Å². The van der Waals surface area contributed by atoms with Crippen molar-refractivity contribution < 1.29 is 22.9 Å². The number of hydrogen-bond acceptors (Lipinski definition) is 1. The average Bonchev–Trinajstić information content (AvgIpc) is 1.83. The first-order valence-corrected chi connectivity index (χ1v) is 2.79. The van der Waals surface area contributed by atoms with Gasteiger partial charge < -0.3 is 0 Å². The maximum Gasteiger partial charge on any atom is 0.172 e. The molecule has 0 saturated heterocycles. The maximum atomic E-state index is 12.3. The zero-order valence-corrected chi connectivity index (χ0v) is 6.55. The van der Waals surface area contributed by atoms with Crippen molar-refractivity contribution in [2.45, 2.75) is 4.90 Å². The van der Waals surface area contributed by atoms with Gasteiger partial charge in [0, 0.05) is 4.90 Å². The molecule has 0 bridgehead atoms. The topological polar surface area (TPSA) is 0 Å². The van der Waals surface area contributed by atoms with Crippen LogP contribution in [0.15, 0.2) is 23.1 Å².